The Morgan fingerprint density at radius 2 is 2.23 bits per heavy atom. The number of amides is 1. The van der Waals surface area contributed by atoms with Gasteiger partial charge in [0.25, 0.3) is 0 Å². The van der Waals surface area contributed by atoms with Crippen molar-refractivity contribution in [3.63, 3.8) is 0 Å². The van der Waals surface area contributed by atoms with Gasteiger partial charge >= 0.3 is 6.09 Å². The fourth-order valence-corrected chi connectivity index (χ4v) is 3.45. The van der Waals surface area contributed by atoms with E-state index in [2.05, 4.69) is 41.7 Å². The van der Waals surface area contributed by atoms with Gasteiger partial charge in [-0.3, -0.25) is 9.88 Å². The minimum absolute atomic E-state index is 0.213. The zero-order valence-electron chi connectivity index (χ0n) is 13.5. The van der Waals surface area contributed by atoms with Crippen molar-refractivity contribution in [2.24, 2.45) is 5.41 Å². The number of ether oxygens (including phenoxy) is 1. The van der Waals surface area contributed by atoms with Gasteiger partial charge in [0.15, 0.2) is 0 Å². The lowest BCUT2D eigenvalue weighted by molar-refractivity contribution is -0.00394. The molecule has 6 heteroatoms. The Morgan fingerprint density at radius 1 is 1.55 bits per heavy atom. The number of halogens is 1. The molecular formula is C16H23BrN2O3. The molecule has 0 aromatic carbocycles. The highest BCUT2D eigenvalue weighted by molar-refractivity contribution is 9.10. The van der Waals surface area contributed by atoms with Crippen LogP contribution < -0.4 is 4.74 Å². The van der Waals surface area contributed by atoms with E-state index in [1.54, 1.807) is 11.1 Å². The Labute approximate surface area is 139 Å². The summed E-state index contributed by atoms with van der Waals surface area (Å²) in [6.45, 7) is 9.00. The molecule has 1 fully saturated rings. The number of hydrogen-bond acceptors (Lipinski definition) is 3. The van der Waals surface area contributed by atoms with Crippen molar-refractivity contribution in [2.75, 3.05) is 13.2 Å². The van der Waals surface area contributed by atoms with Crippen molar-refractivity contribution in [2.45, 2.75) is 46.1 Å². The highest BCUT2D eigenvalue weighted by Crippen LogP contribution is 2.44. The minimum Gasteiger partial charge on any atom is -0.489 e. The second-order valence-corrected chi connectivity index (χ2v) is 7.76. The standard InChI is InChI=1S/C16H23BrN2O3/c1-11-13(8-12(17)9-18-11)22-10-16(15(2,3)4)6-5-7-19(16)14(20)21/h8-9H,5-7,10H2,1-4H3,(H,20,21)/t16-/m1/s1. The Morgan fingerprint density at radius 3 is 2.82 bits per heavy atom. The SMILES string of the molecule is Cc1ncc(Br)cc1OC[C@@]1(C(C)(C)C)CCCN1C(=O)O. The summed E-state index contributed by atoms with van der Waals surface area (Å²) in [6, 6.07) is 1.87. The third kappa shape index (κ3) is 3.07. The van der Waals surface area contributed by atoms with Crippen molar-refractivity contribution in [3.8, 4) is 5.75 Å². The summed E-state index contributed by atoms with van der Waals surface area (Å²) in [5.74, 6) is 0.690. The topological polar surface area (TPSA) is 62.7 Å². The molecule has 1 aromatic rings. The van der Waals surface area contributed by atoms with Crippen LogP contribution in [0.4, 0.5) is 4.79 Å². The van der Waals surface area contributed by atoms with Gasteiger partial charge in [-0.1, -0.05) is 20.8 Å². The predicted molar refractivity (Wildman–Crippen MR) is 88.3 cm³/mol. The molecule has 2 rings (SSSR count). The Bertz CT molecular complexity index is 571. The van der Waals surface area contributed by atoms with Crippen LogP contribution in [0.15, 0.2) is 16.7 Å². The molecule has 0 spiro atoms. The molecule has 1 N–H and O–H groups in total. The van der Waals surface area contributed by atoms with Gasteiger partial charge in [0.05, 0.1) is 11.2 Å². The van der Waals surface area contributed by atoms with Crippen LogP contribution in [-0.4, -0.2) is 39.8 Å². The van der Waals surface area contributed by atoms with E-state index in [4.69, 9.17) is 4.74 Å². The van der Waals surface area contributed by atoms with Gasteiger partial charge < -0.3 is 9.84 Å². The van der Waals surface area contributed by atoms with Crippen molar-refractivity contribution in [1.82, 2.24) is 9.88 Å². The summed E-state index contributed by atoms with van der Waals surface area (Å²) in [4.78, 5) is 17.5. The Balaban J connectivity index is 2.29. The lowest BCUT2D eigenvalue weighted by Crippen LogP contribution is -2.58. The first-order chi connectivity index (χ1) is 10.2. The molecule has 1 amide bonds. The second-order valence-electron chi connectivity index (χ2n) is 6.85. The van der Waals surface area contributed by atoms with E-state index in [9.17, 15) is 9.90 Å². The van der Waals surface area contributed by atoms with Gasteiger partial charge in [0.1, 0.15) is 12.4 Å². The average molecular weight is 371 g/mol. The van der Waals surface area contributed by atoms with Crippen LogP contribution in [0.3, 0.4) is 0 Å². The second kappa shape index (κ2) is 6.07. The van der Waals surface area contributed by atoms with Gasteiger partial charge in [-0.05, 0) is 47.2 Å². The summed E-state index contributed by atoms with van der Waals surface area (Å²) in [6.07, 6.45) is 2.52. The summed E-state index contributed by atoms with van der Waals surface area (Å²) in [5, 5.41) is 9.56. The minimum atomic E-state index is -0.875. The van der Waals surface area contributed by atoms with Crippen LogP contribution in [0, 0.1) is 12.3 Å². The molecule has 1 atom stereocenters. The molecule has 1 saturated heterocycles. The van der Waals surface area contributed by atoms with Crippen LogP contribution in [0.25, 0.3) is 0 Å². The van der Waals surface area contributed by atoms with Crippen LogP contribution in [0.2, 0.25) is 0 Å². The number of hydrogen-bond donors (Lipinski definition) is 1. The van der Waals surface area contributed by atoms with Crippen LogP contribution in [-0.2, 0) is 0 Å². The van der Waals surface area contributed by atoms with E-state index in [1.807, 2.05) is 13.0 Å². The highest BCUT2D eigenvalue weighted by atomic mass is 79.9. The van der Waals surface area contributed by atoms with E-state index in [-0.39, 0.29) is 5.41 Å². The van der Waals surface area contributed by atoms with Gasteiger partial charge in [-0.25, -0.2) is 4.79 Å². The maximum atomic E-state index is 11.6. The predicted octanol–water partition coefficient (Wildman–Crippen LogP) is 4.09. The van der Waals surface area contributed by atoms with Gasteiger partial charge in [-0.15, -0.1) is 0 Å². The quantitative estimate of drug-likeness (QED) is 0.869. The molecule has 0 aliphatic carbocycles. The zero-order valence-corrected chi connectivity index (χ0v) is 15.1. The lowest BCUT2D eigenvalue weighted by atomic mass is 9.72. The lowest BCUT2D eigenvalue weighted by Gasteiger charge is -2.46. The Kier molecular flexibility index (Phi) is 4.70. The van der Waals surface area contributed by atoms with E-state index in [0.29, 0.717) is 18.9 Å². The van der Waals surface area contributed by atoms with Crippen LogP contribution in [0.5, 0.6) is 5.75 Å². The first-order valence-corrected chi connectivity index (χ1v) is 8.22. The fraction of sp³-hybridized carbons (Fsp3) is 0.625. The number of aromatic nitrogens is 1. The fourth-order valence-electron chi connectivity index (χ4n) is 3.14. The van der Waals surface area contributed by atoms with Gasteiger partial charge in [0.2, 0.25) is 0 Å². The zero-order chi connectivity index (χ0) is 16.5. The molecular weight excluding hydrogens is 348 g/mol. The molecule has 1 aromatic heterocycles. The molecule has 0 radical (unpaired) electrons. The smallest absolute Gasteiger partial charge is 0.407 e. The van der Waals surface area contributed by atoms with E-state index >= 15 is 0 Å². The van der Waals surface area contributed by atoms with Gasteiger partial charge in [0, 0.05) is 17.2 Å². The first kappa shape index (κ1) is 17.1. The maximum Gasteiger partial charge on any atom is 0.407 e. The maximum absolute atomic E-state index is 11.6. The number of aryl methyl sites for hydroxylation is 1. The highest BCUT2D eigenvalue weighted by Gasteiger charge is 2.52. The monoisotopic (exact) mass is 370 g/mol. The summed E-state index contributed by atoms with van der Waals surface area (Å²) < 4.78 is 6.86. The number of carbonyl (C=O) groups is 1. The third-order valence-electron chi connectivity index (χ3n) is 4.59. The first-order valence-electron chi connectivity index (χ1n) is 7.43. The number of carboxylic acid groups (broad SMARTS) is 1. The van der Waals surface area contributed by atoms with Crippen LogP contribution >= 0.6 is 15.9 Å². The van der Waals surface area contributed by atoms with Gasteiger partial charge in [-0.2, -0.15) is 0 Å². The molecule has 5 nitrogen and oxygen atoms in total. The number of likely N-dealkylation sites (tertiary alicyclic amines) is 1. The molecule has 1 aliphatic heterocycles. The summed E-state index contributed by atoms with van der Waals surface area (Å²) in [7, 11) is 0. The molecule has 1 aliphatic rings. The number of pyridine rings is 1. The van der Waals surface area contributed by atoms with Crippen molar-refractivity contribution < 1.29 is 14.6 Å². The number of nitrogens with zero attached hydrogens (tertiary/aromatic N) is 2. The third-order valence-corrected chi connectivity index (χ3v) is 5.02. The summed E-state index contributed by atoms with van der Waals surface area (Å²) >= 11 is 3.39. The van der Waals surface area contributed by atoms with E-state index < -0.39 is 11.6 Å². The van der Waals surface area contributed by atoms with E-state index in [1.165, 1.54) is 0 Å². The number of rotatable bonds is 3. The van der Waals surface area contributed by atoms with E-state index in [0.717, 1.165) is 23.0 Å². The molecule has 0 saturated carbocycles. The van der Waals surface area contributed by atoms with Crippen molar-refractivity contribution >= 4 is 22.0 Å². The largest absolute Gasteiger partial charge is 0.489 e. The Hall–Kier alpha value is -1.30. The molecule has 22 heavy (non-hydrogen) atoms. The molecule has 0 unspecified atom stereocenters. The van der Waals surface area contributed by atoms with Crippen molar-refractivity contribution in [3.05, 3.63) is 22.4 Å². The molecule has 122 valence electrons. The average Bonchev–Trinajstić information content (AvgIpc) is 2.85. The molecule has 0 bridgehead atoms. The van der Waals surface area contributed by atoms with Crippen LogP contribution in [0.1, 0.15) is 39.3 Å². The molecule has 2 heterocycles. The summed E-state index contributed by atoms with van der Waals surface area (Å²) in [5.41, 5.74) is 0.0650. The van der Waals surface area contributed by atoms with Crippen molar-refractivity contribution in [1.29, 1.82) is 0 Å². The normalized spacial score (nSPS) is 22.0.